The number of nitrogens with one attached hydrogen (secondary N) is 2. The van der Waals surface area contributed by atoms with Crippen molar-refractivity contribution >= 4 is 78.4 Å². The van der Waals surface area contributed by atoms with Gasteiger partial charge in [-0.15, -0.1) is 11.3 Å². The maximum absolute atomic E-state index is 12.9. The summed E-state index contributed by atoms with van der Waals surface area (Å²) in [5.74, 6) is -0.848. The lowest BCUT2D eigenvalue weighted by atomic mass is 10.2. The summed E-state index contributed by atoms with van der Waals surface area (Å²) in [5.41, 5.74) is 3.03. The Bertz CT molecular complexity index is 1980. The highest BCUT2D eigenvalue weighted by molar-refractivity contribution is 7.92. The molecule has 0 unspecified atom stereocenters. The highest BCUT2D eigenvalue weighted by Crippen LogP contribution is 2.37. The minimum atomic E-state index is -3.98. The molecule has 1 heterocycles. The second kappa shape index (κ2) is 12.8. The number of hydrazone groups is 1. The van der Waals surface area contributed by atoms with Crippen LogP contribution in [0.2, 0.25) is 10.0 Å². The average molecular weight is 655 g/mol. The standard InChI is InChI=1S/C30H21Cl2N3O6S2/c1-40-25-16-18(10-15-24(25)41-30(37)28-27(32)22-7-3-5-9-26(22)42-28)17-33-34-29(36)21-6-2-4-8-23(21)35-43(38,39)20-13-11-19(31)12-14-20/h2-17,35H,1H3,(H,34,36). The SMILES string of the molecule is COc1cc(C=NNC(=O)c2ccccc2NS(=O)(=O)c2ccc(Cl)cc2)ccc1OC(=O)c1sc2ccccc2c1Cl. The number of benzene rings is 4. The number of hydrogen-bond acceptors (Lipinski definition) is 8. The zero-order valence-corrected chi connectivity index (χ0v) is 25.4. The van der Waals surface area contributed by atoms with Crippen molar-refractivity contribution < 1.29 is 27.5 Å². The molecule has 1 aromatic heterocycles. The number of rotatable bonds is 9. The second-order valence-corrected chi connectivity index (χ2v) is 12.4. The van der Waals surface area contributed by atoms with Gasteiger partial charge in [0.2, 0.25) is 0 Å². The fourth-order valence-corrected chi connectivity index (χ4v) is 6.54. The Morgan fingerprint density at radius 3 is 2.37 bits per heavy atom. The van der Waals surface area contributed by atoms with Crippen LogP contribution in [0, 0.1) is 0 Å². The number of carbonyl (C=O) groups excluding carboxylic acids is 2. The number of para-hydroxylation sites is 1. The summed E-state index contributed by atoms with van der Waals surface area (Å²) in [7, 11) is -2.56. The first-order valence-corrected chi connectivity index (χ1v) is 15.5. The van der Waals surface area contributed by atoms with Crippen molar-refractivity contribution in [3.63, 3.8) is 0 Å². The number of nitrogens with zero attached hydrogens (tertiary/aromatic N) is 1. The molecule has 0 saturated carbocycles. The van der Waals surface area contributed by atoms with Gasteiger partial charge in [0.05, 0.1) is 34.5 Å². The smallest absolute Gasteiger partial charge is 0.355 e. The number of methoxy groups -OCH3 is 1. The van der Waals surface area contributed by atoms with E-state index in [4.69, 9.17) is 32.7 Å². The number of halogens is 2. The highest BCUT2D eigenvalue weighted by Gasteiger charge is 2.21. The molecule has 0 saturated heterocycles. The molecule has 0 aliphatic heterocycles. The van der Waals surface area contributed by atoms with Gasteiger partial charge in [-0.05, 0) is 66.2 Å². The molecule has 43 heavy (non-hydrogen) atoms. The topological polar surface area (TPSA) is 123 Å². The lowest BCUT2D eigenvalue weighted by Crippen LogP contribution is -2.21. The van der Waals surface area contributed by atoms with Crippen LogP contribution in [0.3, 0.4) is 0 Å². The number of sulfonamides is 1. The number of hydrogen-bond donors (Lipinski definition) is 2. The molecule has 2 N–H and O–H groups in total. The van der Waals surface area contributed by atoms with E-state index in [0.29, 0.717) is 15.6 Å². The van der Waals surface area contributed by atoms with Gasteiger partial charge in [-0.1, -0.05) is 53.5 Å². The van der Waals surface area contributed by atoms with Crippen molar-refractivity contribution in [1.29, 1.82) is 0 Å². The quantitative estimate of drug-likeness (QED) is 0.0764. The maximum Gasteiger partial charge on any atom is 0.355 e. The van der Waals surface area contributed by atoms with E-state index in [1.807, 2.05) is 24.3 Å². The van der Waals surface area contributed by atoms with E-state index >= 15 is 0 Å². The number of thiophene rings is 1. The maximum atomic E-state index is 12.9. The van der Waals surface area contributed by atoms with E-state index in [9.17, 15) is 18.0 Å². The molecular weight excluding hydrogens is 633 g/mol. The first kappa shape index (κ1) is 30.1. The Morgan fingerprint density at radius 1 is 0.907 bits per heavy atom. The largest absolute Gasteiger partial charge is 0.493 e. The Kier molecular flexibility index (Phi) is 8.97. The summed E-state index contributed by atoms with van der Waals surface area (Å²) in [6, 6.07) is 23.8. The van der Waals surface area contributed by atoms with Crippen LogP contribution >= 0.6 is 34.5 Å². The monoisotopic (exact) mass is 653 g/mol. The summed E-state index contributed by atoms with van der Waals surface area (Å²) < 4.78 is 39.9. The predicted molar refractivity (Wildman–Crippen MR) is 169 cm³/mol. The number of esters is 1. The van der Waals surface area contributed by atoms with E-state index < -0.39 is 21.9 Å². The minimum Gasteiger partial charge on any atom is -0.493 e. The van der Waals surface area contributed by atoms with Crippen LogP contribution in [0.25, 0.3) is 10.1 Å². The first-order valence-electron chi connectivity index (χ1n) is 12.4. The molecule has 0 spiro atoms. The molecule has 4 aromatic carbocycles. The van der Waals surface area contributed by atoms with Gasteiger partial charge in [-0.25, -0.2) is 18.6 Å². The fraction of sp³-hybridized carbons (Fsp3) is 0.0333. The molecular formula is C30H21Cl2N3O6S2. The molecule has 0 bridgehead atoms. The summed E-state index contributed by atoms with van der Waals surface area (Å²) in [6.45, 7) is 0. The number of ether oxygens (including phenoxy) is 2. The van der Waals surface area contributed by atoms with Crippen LogP contribution in [0.5, 0.6) is 11.5 Å². The van der Waals surface area contributed by atoms with E-state index in [-0.39, 0.29) is 32.5 Å². The molecule has 0 aliphatic rings. The Labute approximate surface area is 260 Å². The molecule has 0 aliphatic carbocycles. The van der Waals surface area contributed by atoms with Gasteiger partial charge in [-0.3, -0.25) is 9.52 Å². The number of amides is 1. The minimum absolute atomic E-state index is 0.0138. The van der Waals surface area contributed by atoms with Gasteiger partial charge in [0.25, 0.3) is 15.9 Å². The van der Waals surface area contributed by atoms with Gasteiger partial charge in [-0.2, -0.15) is 5.10 Å². The Balaban J connectivity index is 1.27. The van der Waals surface area contributed by atoms with Crippen molar-refractivity contribution in [2.75, 3.05) is 11.8 Å². The highest BCUT2D eigenvalue weighted by atomic mass is 35.5. The normalized spacial score (nSPS) is 11.4. The molecule has 1 amide bonds. The third kappa shape index (κ3) is 6.81. The average Bonchev–Trinajstić information content (AvgIpc) is 3.34. The van der Waals surface area contributed by atoms with E-state index in [1.165, 1.54) is 67.1 Å². The van der Waals surface area contributed by atoms with Crippen LogP contribution in [0.4, 0.5) is 5.69 Å². The van der Waals surface area contributed by atoms with Crippen molar-refractivity contribution in [1.82, 2.24) is 5.43 Å². The van der Waals surface area contributed by atoms with Gasteiger partial charge >= 0.3 is 5.97 Å². The lowest BCUT2D eigenvalue weighted by molar-refractivity contribution is 0.0734. The molecule has 218 valence electrons. The fourth-order valence-electron chi connectivity index (χ4n) is 3.95. The predicted octanol–water partition coefficient (Wildman–Crippen LogP) is 7.00. The van der Waals surface area contributed by atoms with Crippen LogP contribution in [0.15, 0.2) is 101 Å². The molecule has 0 fully saturated rings. The molecule has 0 radical (unpaired) electrons. The van der Waals surface area contributed by atoms with E-state index in [2.05, 4.69) is 15.2 Å². The summed E-state index contributed by atoms with van der Waals surface area (Å²) in [5, 5.41) is 5.46. The Hall–Kier alpha value is -4.42. The van der Waals surface area contributed by atoms with Crippen LogP contribution in [-0.4, -0.2) is 33.6 Å². The summed E-state index contributed by atoms with van der Waals surface area (Å²) in [6.07, 6.45) is 1.36. The molecule has 13 heteroatoms. The van der Waals surface area contributed by atoms with Gasteiger partial charge in [0.1, 0.15) is 4.88 Å². The van der Waals surface area contributed by atoms with Crippen molar-refractivity contribution in [2.45, 2.75) is 4.90 Å². The van der Waals surface area contributed by atoms with E-state index in [0.717, 1.165) is 10.1 Å². The Morgan fingerprint density at radius 2 is 1.63 bits per heavy atom. The van der Waals surface area contributed by atoms with Crippen molar-refractivity contribution in [3.05, 3.63) is 117 Å². The second-order valence-electron chi connectivity index (χ2n) is 8.85. The molecule has 9 nitrogen and oxygen atoms in total. The zero-order chi connectivity index (χ0) is 30.6. The first-order chi connectivity index (χ1) is 20.7. The number of fused-ring (bicyclic) bond motifs is 1. The lowest BCUT2D eigenvalue weighted by Gasteiger charge is -2.12. The van der Waals surface area contributed by atoms with Crippen LogP contribution in [0.1, 0.15) is 25.6 Å². The van der Waals surface area contributed by atoms with Gasteiger partial charge in [0.15, 0.2) is 11.5 Å². The molecule has 0 atom stereocenters. The van der Waals surface area contributed by atoms with Crippen molar-refractivity contribution in [2.24, 2.45) is 5.10 Å². The molecule has 5 rings (SSSR count). The number of anilines is 1. The van der Waals surface area contributed by atoms with E-state index in [1.54, 1.807) is 24.3 Å². The third-order valence-electron chi connectivity index (χ3n) is 6.03. The van der Waals surface area contributed by atoms with Crippen molar-refractivity contribution in [3.8, 4) is 11.5 Å². The van der Waals surface area contributed by atoms with Crippen LogP contribution in [-0.2, 0) is 10.0 Å². The number of carbonyl (C=O) groups is 2. The summed E-state index contributed by atoms with van der Waals surface area (Å²) >= 11 is 13.5. The zero-order valence-electron chi connectivity index (χ0n) is 22.2. The third-order valence-corrected chi connectivity index (χ3v) is 9.32. The van der Waals surface area contributed by atoms with Crippen LogP contribution < -0.4 is 19.6 Å². The summed E-state index contributed by atoms with van der Waals surface area (Å²) in [4.78, 5) is 26.0. The van der Waals surface area contributed by atoms with Gasteiger partial charge in [0, 0.05) is 15.1 Å². The van der Waals surface area contributed by atoms with Gasteiger partial charge < -0.3 is 9.47 Å². The molecule has 5 aromatic rings.